The molecule has 0 radical (unpaired) electrons. The molecule has 3 nitrogen and oxygen atoms in total. The normalized spacial score (nSPS) is 10.5. The molecule has 0 bridgehead atoms. The van der Waals surface area contributed by atoms with Crippen LogP contribution in [0, 0.1) is 6.92 Å². The van der Waals surface area contributed by atoms with Crippen LogP contribution in [0.2, 0.25) is 0 Å². The number of benzene rings is 2. The maximum absolute atomic E-state index is 12.3. The number of para-hydroxylation sites is 1. The van der Waals surface area contributed by atoms with Crippen molar-refractivity contribution in [2.75, 3.05) is 5.32 Å². The second kappa shape index (κ2) is 5.50. The molecule has 104 valence electrons. The minimum absolute atomic E-state index is 0.0944. The van der Waals surface area contributed by atoms with Crippen LogP contribution < -0.4 is 10.1 Å². The highest BCUT2D eigenvalue weighted by Gasteiger charge is 2.11. The number of anilines is 1. The van der Waals surface area contributed by atoms with Gasteiger partial charge in [-0.15, -0.1) is 0 Å². The van der Waals surface area contributed by atoms with Gasteiger partial charge in [-0.05, 0) is 36.1 Å². The number of aryl methyl sites for hydroxylation is 1. The van der Waals surface area contributed by atoms with Crippen molar-refractivity contribution < 1.29 is 4.79 Å². The zero-order valence-electron chi connectivity index (χ0n) is 11.4. The Morgan fingerprint density at radius 1 is 1.05 bits per heavy atom. The lowest BCUT2D eigenvalue weighted by Gasteiger charge is -2.08. The van der Waals surface area contributed by atoms with Crippen molar-refractivity contribution in [2.45, 2.75) is 6.92 Å². The molecule has 1 N–H and O–H groups in total. The van der Waals surface area contributed by atoms with E-state index in [0.717, 1.165) is 28.0 Å². The van der Waals surface area contributed by atoms with Crippen LogP contribution in [0.1, 0.15) is 15.2 Å². The molecule has 0 atom stereocenters. The fourth-order valence-electron chi connectivity index (χ4n) is 2.14. The summed E-state index contributed by atoms with van der Waals surface area (Å²) in [6, 6.07) is 16.6. The van der Waals surface area contributed by atoms with Crippen LogP contribution in [-0.2, 0) is 0 Å². The fourth-order valence-corrected chi connectivity index (χ4v) is 2.97. The van der Waals surface area contributed by atoms with E-state index in [-0.39, 0.29) is 10.6 Å². The summed E-state index contributed by atoms with van der Waals surface area (Å²) in [7, 11) is 0. The Hall–Kier alpha value is -2.46. The minimum Gasteiger partial charge on any atom is -0.321 e. The Morgan fingerprint density at radius 3 is 2.57 bits per heavy atom. The van der Waals surface area contributed by atoms with Crippen LogP contribution in [0.4, 0.5) is 5.69 Å². The first-order chi connectivity index (χ1) is 10.1. The lowest BCUT2D eigenvalue weighted by molar-refractivity contribution is 0.103. The number of rotatable bonds is 2. The SMILES string of the molecule is Cc1ccccc1NC(=O)c1cc2ccccc2c(=O)s1. The highest BCUT2D eigenvalue weighted by atomic mass is 32.1. The van der Waals surface area contributed by atoms with Gasteiger partial charge in [-0.3, -0.25) is 9.59 Å². The summed E-state index contributed by atoms with van der Waals surface area (Å²) in [5.41, 5.74) is 1.74. The second-order valence-electron chi connectivity index (χ2n) is 4.75. The third-order valence-corrected chi connectivity index (χ3v) is 4.22. The van der Waals surface area contributed by atoms with Gasteiger partial charge in [-0.25, -0.2) is 0 Å². The average molecular weight is 295 g/mol. The van der Waals surface area contributed by atoms with Crippen LogP contribution in [0.3, 0.4) is 0 Å². The van der Waals surface area contributed by atoms with E-state index in [4.69, 9.17) is 0 Å². The van der Waals surface area contributed by atoms with Crippen LogP contribution in [0.15, 0.2) is 59.4 Å². The van der Waals surface area contributed by atoms with E-state index < -0.39 is 0 Å². The van der Waals surface area contributed by atoms with Gasteiger partial charge in [0.05, 0.1) is 4.88 Å². The Kier molecular flexibility index (Phi) is 3.54. The summed E-state index contributed by atoms with van der Waals surface area (Å²) >= 11 is 0.972. The number of hydrogen-bond donors (Lipinski definition) is 1. The molecule has 2 aromatic carbocycles. The Labute approximate surface area is 125 Å². The van der Waals surface area contributed by atoms with Gasteiger partial charge in [0.25, 0.3) is 5.91 Å². The molecule has 0 aliphatic rings. The number of carbonyl (C=O) groups excluding carboxylic acids is 1. The van der Waals surface area contributed by atoms with Crippen LogP contribution in [-0.4, -0.2) is 5.91 Å². The minimum atomic E-state index is -0.253. The molecule has 3 rings (SSSR count). The molecule has 4 heteroatoms. The third kappa shape index (κ3) is 2.71. The van der Waals surface area contributed by atoms with Gasteiger partial charge in [-0.2, -0.15) is 0 Å². The first-order valence-electron chi connectivity index (χ1n) is 6.55. The standard InChI is InChI=1S/C17H13NO2S/c1-11-6-2-5-9-14(11)18-16(19)15-10-12-7-3-4-8-13(12)17(20)21-15/h2-10H,1H3,(H,18,19). The Balaban J connectivity index is 1.99. The first kappa shape index (κ1) is 13.5. The second-order valence-corrected chi connectivity index (χ2v) is 5.77. The largest absolute Gasteiger partial charge is 0.321 e. The average Bonchev–Trinajstić information content (AvgIpc) is 2.49. The van der Waals surface area contributed by atoms with E-state index in [2.05, 4.69) is 5.32 Å². The first-order valence-corrected chi connectivity index (χ1v) is 7.37. The van der Waals surface area contributed by atoms with Crippen molar-refractivity contribution in [1.29, 1.82) is 0 Å². The highest BCUT2D eigenvalue weighted by molar-refractivity contribution is 7.12. The summed E-state index contributed by atoms with van der Waals surface area (Å²) in [5, 5.41) is 4.29. The van der Waals surface area contributed by atoms with Gasteiger partial charge < -0.3 is 5.32 Å². The number of nitrogens with one attached hydrogen (secondary N) is 1. The smallest absolute Gasteiger partial charge is 0.265 e. The molecule has 3 aromatic rings. The van der Waals surface area contributed by atoms with Gasteiger partial charge in [0.1, 0.15) is 0 Å². The molecule has 1 amide bonds. The van der Waals surface area contributed by atoms with Gasteiger partial charge in [0.15, 0.2) is 0 Å². The fraction of sp³-hybridized carbons (Fsp3) is 0.0588. The van der Waals surface area contributed by atoms with Gasteiger partial charge >= 0.3 is 0 Å². The van der Waals surface area contributed by atoms with E-state index in [1.807, 2.05) is 49.4 Å². The zero-order valence-corrected chi connectivity index (χ0v) is 12.2. The van der Waals surface area contributed by atoms with Crippen LogP contribution in [0.5, 0.6) is 0 Å². The molecule has 1 heterocycles. The summed E-state index contributed by atoms with van der Waals surface area (Å²) in [6.07, 6.45) is 0. The molecular formula is C17H13NO2S. The van der Waals surface area contributed by atoms with Gasteiger partial charge in [-0.1, -0.05) is 47.7 Å². The lowest BCUT2D eigenvalue weighted by Crippen LogP contribution is -2.13. The molecule has 0 aliphatic heterocycles. The molecule has 0 unspecified atom stereocenters. The maximum atomic E-state index is 12.3. The third-order valence-electron chi connectivity index (χ3n) is 3.29. The summed E-state index contributed by atoms with van der Waals surface area (Å²) < 4.78 is -0.0944. The molecule has 1 aromatic heterocycles. The monoisotopic (exact) mass is 295 g/mol. The molecule has 0 saturated carbocycles. The molecule has 0 aliphatic carbocycles. The summed E-state index contributed by atoms with van der Waals surface area (Å²) in [4.78, 5) is 24.8. The topological polar surface area (TPSA) is 46.2 Å². The number of fused-ring (bicyclic) bond motifs is 1. The molecule has 0 fully saturated rings. The van der Waals surface area contributed by atoms with E-state index >= 15 is 0 Å². The Bertz CT molecular complexity index is 883. The number of carbonyl (C=O) groups is 1. The summed E-state index contributed by atoms with van der Waals surface area (Å²) in [6.45, 7) is 1.93. The lowest BCUT2D eigenvalue weighted by atomic mass is 10.2. The number of hydrogen-bond acceptors (Lipinski definition) is 3. The predicted molar refractivity (Wildman–Crippen MR) is 87.2 cm³/mol. The van der Waals surface area contributed by atoms with Crippen molar-refractivity contribution >= 4 is 33.7 Å². The maximum Gasteiger partial charge on any atom is 0.265 e. The Morgan fingerprint density at radius 2 is 1.76 bits per heavy atom. The van der Waals surface area contributed by atoms with Crippen molar-refractivity contribution in [3.8, 4) is 0 Å². The van der Waals surface area contributed by atoms with Crippen molar-refractivity contribution in [3.63, 3.8) is 0 Å². The van der Waals surface area contributed by atoms with Crippen LogP contribution in [0.25, 0.3) is 10.8 Å². The van der Waals surface area contributed by atoms with Crippen molar-refractivity contribution in [1.82, 2.24) is 0 Å². The van der Waals surface area contributed by atoms with E-state index in [9.17, 15) is 9.59 Å². The summed E-state index contributed by atoms with van der Waals surface area (Å²) in [5.74, 6) is -0.253. The molecular weight excluding hydrogens is 282 g/mol. The van der Waals surface area contributed by atoms with Crippen LogP contribution >= 0.6 is 11.3 Å². The van der Waals surface area contributed by atoms with Gasteiger partial charge in [0, 0.05) is 11.1 Å². The molecule has 21 heavy (non-hydrogen) atoms. The number of amides is 1. The quantitative estimate of drug-likeness (QED) is 0.781. The highest BCUT2D eigenvalue weighted by Crippen LogP contribution is 2.18. The van der Waals surface area contributed by atoms with Crippen molar-refractivity contribution in [3.05, 3.63) is 74.6 Å². The molecule has 0 saturated heterocycles. The van der Waals surface area contributed by atoms with E-state index in [1.165, 1.54) is 0 Å². The zero-order chi connectivity index (χ0) is 14.8. The van der Waals surface area contributed by atoms with Crippen molar-refractivity contribution in [2.24, 2.45) is 0 Å². The predicted octanol–water partition coefficient (Wildman–Crippen LogP) is 3.82. The van der Waals surface area contributed by atoms with E-state index in [0.29, 0.717) is 10.3 Å². The molecule has 0 spiro atoms. The van der Waals surface area contributed by atoms with E-state index in [1.54, 1.807) is 12.1 Å². The van der Waals surface area contributed by atoms with Gasteiger partial charge in [0.2, 0.25) is 4.74 Å².